The monoisotopic (exact) mass is 228 g/mol. The predicted molar refractivity (Wildman–Crippen MR) is 65.8 cm³/mol. The lowest BCUT2D eigenvalue weighted by molar-refractivity contribution is -0.124. The molecule has 0 saturated carbocycles. The predicted octanol–water partition coefficient (Wildman–Crippen LogP) is 1.15. The van der Waals surface area contributed by atoms with Gasteiger partial charge in [-0.05, 0) is 31.8 Å². The fourth-order valence-corrected chi connectivity index (χ4v) is 2.23. The third kappa shape index (κ3) is 4.26. The van der Waals surface area contributed by atoms with Crippen molar-refractivity contribution in [3.63, 3.8) is 0 Å². The first kappa shape index (κ1) is 12.6. The second kappa shape index (κ2) is 6.18. The fourth-order valence-electron chi connectivity index (χ4n) is 1.64. The molecule has 0 radical (unpaired) electrons. The minimum absolute atomic E-state index is 0.0169. The number of hydrogen-bond acceptors (Lipinski definition) is 3. The molecule has 0 fully saturated rings. The molecular weight excluding hydrogens is 208 g/mol. The molecule has 1 rings (SSSR count). The summed E-state index contributed by atoms with van der Waals surface area (Å²) in [4.78, 5) is 11.7. The van der Waals surface area contributed by atoms with Crippen LogP contribution < -0.4 is 11.1 Å². The minimum atomic E-state index is -0.0169. The second-order valence-corrected chi connectivity index (χ2v) is 5.07. The van der Waals surface area contributed by atoms with Crippen LogP contribution in [0.3, 0.4) is 0 Å². The van der Waals surface area contributed by atoms with E-state index in [1.807, 2.05) is 19.1 Å². The number of hydrogen-bond donors (Lipinski definition) is 2. The Kier molecular flexibility index (Phi) is 5.19. The van der Waals surface area contributed by atoms with Gasteiger partial charge in [0.25, 0.3) is 0 Å². The molecule has 0 heterocycles. The molecule has 0 aromatic heterocycles. The highest BCUT2D eigenvalue weighted by atomic mass is 32.2. The van der Waals surface area contributed by atoms with Crippen LogP contribution in [0.4, 0.5) is 0 Å². The van der Waals surface area contributed by atoms with Gasteiger partial charge in [0.05, 0.1) is 5.92 Å². The maximum atomic E-state index is 11.7. The van der Waals surface area contributed by atoms with E-state index in [9.17, 15) is 4.79 Å². The smallest absolute Gasteiger partial charge is 0.227 e. The Morgan fingerprint density at radius 1 is 1.67 bits per heavy atom. The van der Waals surface area contributed by atoms with Gasteiger partial charge in [-0.15, -0.1) is 0 Å². The fraction of sp³-hybridized carbons (Fsp3) is 0.727. The van der Waals surface area contributed by atoms with Crippen LogP contribution in [0.15, 0.2) is 12.2 Å². The number of amides is 1. The molecule has 4 heteroatoms. The van der Waals surface area contributed by atoms with Gasteiger partial charge in [-0.25, -0.2) is 0 Å². The van der Waals surface area contributed by atoms with Crippen LogP contribution in [-0.4, -0.2) is 30.0 Å². The van der Waals surface area contributed by atoms with Crippen LogP contribution in [-0.2, 0) is 4.79 Å². The first-order chi connectivity index (χ1) is 7.13. The highest BCUT2D eigenvalue weighted by molar-refractivity contribution is 7.98. The Labute approximate surface area is 95.9 Å². The van der Waals surface area contributed by atoms with E-state index in [4.69, 9.17) is 5.73 Å². The molecule has 3 N–H and O–H groups in total. The van der Waals surface area contributed by atoms with E-state index in [0.717, 1.165) is 18.6 Å². The van der Waals surface area contributed by atoms with Gasteiger partial charge in [0.15, 0.2) is 0 Å². The van der Waals surface area contributed by atoms with Gasteiger partial charge in [-0.2, -0.15) is 11.8 Å². The van der Waals surface area contributed by atoms with E-state index >= 15 is 0 Å². The lowest BCUT2D eigenvalue weighted by Crippen LogP contribution is -2.37. The van der Waals surface area contributed by atoms with Crippen LogP contribution in [0.2, 0.25) is 0 Å². The van der Waals surface area contributed by atoms with E-state index < -0.39 is 0 Å². The zero-order valence-electron chi connectivity index (χ0n) is 9.40. The molecule has 3 atom stereocenters. The number of carbonyl (C=O) groups is 1. The van der Waals surface area contributed by atoms with Crippen LogP contribution in [0.5, 0.6) is 0 Å². The van der Waals surface area contributed by atoms with E-state index in [0.29, 0.717) is 0 Å². The summed E-state index contributed by atoms with van der Waals surface area (Å²) < 4.78 is 0. The van der Waals surface area contributed by atoms with Crippen molar-refractivity contribution >= 4 is 17.7 Å². The van der Waals surface area contributed by atoms with Crippen LogP contribution in [0, 0.1) is 5.92 Å². The van der Waals surface area contributed by atoms with Crippen molar-refractivity contribution in [3.8, 4) is 0 Å². The zero-order chi connectivity index (χ0) is 11.3. The average Bonchev–Trinajstić information content (AvgIpc) is 2.61. The summed E-state index contributed by atoms with van der Waals surface area (Å²) in [5, 5.41) is 3.02. The number of carbonyl (C=O) groups excluding carboxylic acids is 1. The van der Waals surface area contributed by atoms with E-state index in [2.05, 4.69) is 11.6 Å². The second-order valence-electron chi connectivity index (χ2n) is 4.08. The Balaban J connectivity index is 2.26. The summed E-state index contributed by atoms with van der Waals surface area (Å²) in [5.41, 5.74) is 5.70. The van der Waals surface area contributed by atoms with Gasteiger partial charge in [-0.1, -0.05) is 12.2 Å². The van der Waals surface area contributed by atoms with Gasteiger partial charge in [0.1, 0.15) is 0 Å². The standard InChI is InChI=1S/C11H20N2OS/c1-8(5-6-15-2)13-11(14)9-3-4-10(12)7-9/h3-4,8-10H,5-7,12H2,1-2H3,(H,13,14). The third-order valence-corrected chi connectivity index (χ3v) is 3.24. The molecule has 3 unspecified atom stereocenters. The maximum Gasteiger partial charge on any atom is 0.227 e. The molecule has 0 aromatic rings. The zero-order valence-corrected chi connectivity index (χ0v) is 10.2. The molecule has 1 aliphatic rings. The molecule has 0 bridgehead atoms. The molecule has 0 aliphatic heterocycles. The van der Waals surface area contributed by atoms with Crippen LogP contribution in [0.1, 0.15) is 19.8 Å². The lowest BCUT2D eigenvalue weighted by atomic mass is 10.1. The summed E-state index contributed by atoms with van der Waals surface area (Å²) in [6.45, 7) is 2.05. The Morgan fingerprint density at radius 2 is 2.40 bits per heavy atom. The van der Waals surface area contributed by atoms with Crippen molar-refractivity contribution in [2.24, 2.45) is 11.7 Å². The molecule has 1 aliphatic carbocycles. The molecule has 0 saturated heterocycles. The van der Waals surface area contributed by atoms with Crippen molar-refractivity contribution in [1.29, 1.82) is 0 Å². The van der Waals surface area contributed by atoms with E-state index in [-0.39, 0.29) is 23.9 Å². The van der Waals surface area contributed by atoms with Crippen molar-refractivity contribution in [1.82, 2.24) is 5.32 Å². The van der Waals surface area contributed by atoms with E-state index in [1.165, 1.54) is 0 Å². The lowest BCUT2D eigenvalue weighted by Gasteiger charge is -2.16. The van der Waals surface area contributed by atoms with Crippen molar-refractivity contribution in [2.45, 2.75) is 31.8 Å². The number of rotatable bonds is 5. The SMILES string of the molecule is CSCCC(C)NC(=O)C1C=CC(N)C1. The summed E-state index contributed by atoms with van der Waals surface area (Å²) in [6, 6.07) is 0.317. The topological polar surface area (TPSA) is 55.1 Å². The normalized spacial score (nSPS) is 26.6. The van der Waals surface area contributed by atoms with Crippen LogP contribution in [0.25, 0.3) is 0 Å². The summed E-state index contributed by atoms with van der Waals surface area (Å²) in [6.07, 6.45) is 7.68. The molecule has 0 aromatic carbocycles. The number of thioether (sulfide) groups is 1. The van der Waals surface area contributed by atoms with Gasteiger partial charge in [0, 0.05) is 12.1 Å². The number of nitrogens with two attached hydrogens (primary N) is 1. The van der Waals surface area contributed by atoms with Crippen molar-refractivity contribution < 1.29 is 4.79 Å². The van der Waals surface area contributed by atoms with E-state index in [1.54, 1.807) is 11.8 Å². The summed E-state index contributed by atoms with van der Waals surface area (Å²) >= 11 is 1.80. The van der Waals surface area contributed by atoms with Crippen LogP contribution >= 0.6 is 11.8 Å². The molecule has 3 nitrogen and oxygen atoms in total. The summed E-state index contributed by atoms with van der Waals surface area (Å²) in [7, 11) is 0. The van der Waals surface area contributed by atoms with Gasteiger partial charge in [-0.3, -0.25) is 4.79 Å². The largest absolute Gasteiger partial charge is 0.353 e. The quantitative estimate of drug-likeness (QED) is 0.694. The highest BCUT2D eigenvalue weighted by Gasteiger charge is 2.23. The maximum absolute atomic E-state index is 11.7. The third-order valence-electron chi connectivity index (χ3n) is 2.60. The molecule has 0 spiro atoms. The molecule has 15 heavy (non-hydrogen) atoms. The highest BCUT2D eigenvalue weighted by Crippen LogP contribution is 2.16. The molecule has 86 valence electrons. The van der Waals surface area contributed by atoms with Crippen molar-refractivity contribution in [2.75, 3.05) is 12.0 Å². The minimum Gasteiger partial charge on any atom is -0.353 e. The Hall–Kier alpha value is -0.480. The first-order valence-corrected chi connectivity index (χ1v) is 6.76. The molecular formula is C11H20N2OS. The van der Waals surface area contributed by atoms with Gasteiger partial charge in [0.2, 0.25) is 5.91 Å². The molecule has 1 amide bonds. The average molecular weight is 228 g/mol. The Bertz CT molecular complexity index is 243. The van der Waals surface area contributed by atoms with Crippen molar-refractivity contribution in [3.05, 3.63) is 12.2 Å². The first-order valence-electron chi connectivity index (χ1n) is 5.36. The van der Waals surface area contributed by atoms with Gasteiger partial charge >= 0.3 is 0 Å². The summed E-state index contributed by atoms with van der Waals surface area (Å²) in [5.74, 6) is 1.19. The van der Waals surface area contributed by atoms with Gasteiger partial charge < -0.3 is 11.1 Å². The Morgan fingerprint density at radius 3 is 2.93 bits per heavy atom. The number of nitrogens with one attached hydrogen (secondary N) is 1.